The number of carbonyl (C=O) groups excluding carboxylic acids is 1. The minimum Gasteiger partial charge on any atom is -0.489 e. The molecule has 0 atom stereocenters. The maximum absolute atomic E-state index is 12.1. The lowest BCUT2D eigenvalue weighted by atomic mass is 10.2. The Balaban J connectivity index is 1.58. The van der Waals surface area contributed by atoms with E-state index in [4.69, 9.17) is 39.5 Å². The summed E-state index contributed by atoms with van der Waals surface area (Å²) in [5.74, 6) is 0.305. The highest BCUT2D eigenvalue weighted by molar-refractivity contribution is 6.42. The van der Waals surface area contributed by atoms with E-state index in [2.05, 4.69) is 10.5 Å². The third-order valence-electron chi connectivity index (χ3n) is 3.74. The van der Waals surface area contributed by atoms with Gasteiger partial charge in [0.15, 0.2) is 0 Å². The highest BCUT2D eigenvalue weighted by Crippen LogP contribution is 2.22. The molecule has 0 aliphatic rings. The molecule has 1 N–H and O–H groups in total. The van der Waals surface area contributed by atoms with Gasteiger partial charge in [0.05, 0.1) is 16.3 Å². The van der Waals surface area contributed by atoms with Gasteiger partial charge in [-0.15, -0.1) is 0 Å². The average Bonchev–Trinajstić information content (AvgIpc) is 2.70. The van der Waals surface area contributed by atoms with Crippen LogP contribution in [0.25, 0.3) is 0 Å². The monoisotopic (exact) mass is 432 g/mol. The van der Waals surface area contributed by atoms with Crippen LogP contribution in [-0.4, -0.2) is 12.1 Å². The number of benzene rings is 3. The lowest BCUT2D eigenvalue weighted by Gasteiger charge is -2.07. The number of rotatable bonds is 6. The van der Waals surface area contributed by atoms with Gasteiger partial charge in [-0.3, -0.25) is 4.79 Å². The Kier molecular flexibility index (Phi) is 6.93. The first-order chi connectivity index (χ1) is 13.5. The van der Waals surface area contributed by atoms with Gasteiger partial charge in [0.1, 0.15) is 12.4 Å². The van der Waals surface area contributed by atoms with Gasteiger partial charge >= 0.3 is 0 Å². The molecule has 0 saturated carbocycles. The van der Waals surface area contributed by atoms with Crippen LogP contribution in [0.3, 0.4) is 0 Å². The molecular weight excluding hydrogens is 419 g/mol. The van der Waals surface area contributed by atoms with E-state index in [0.717, 1.165) is 11.1 Å². The van der Waals surface area contributed by atoms with Crippen LogP contribution in [-0.2, 0) is 6.61 Å². The molecule has 0 bridgehead atoms. The van der Waals surface area contributed by atoms with Crippen LogP contribution in [0, 0.1) is 0 Å². The lowest BCUT2D eigenvalue weighted by molar-refractivity contribution is 0.0955. The summed E-state index contributed by atoms with van der Waals surface area (Å²) in [5, 5.41) is 5.35. The number of ether oxygens (including phenoxy) is 1. The molecule has 0 aliphatic heterocycles. The van der Waals surface area contributed by atoms with E-state index in [-0.39, 0.29) is 5.91 Å². The van der Waals surface area contributed by atoms with E-state index >= 15 is 0 Å². The lowest BCUT2D eigenvalue weighted by Crippen LogP contribution is -2.17. The van der Waals surface area contributed by atoms with Crippen LogP contribution in [0.5, 0.6) is 5.75 Å². The Bertz CT molecular complexity index is 1000. The quantitative estimate of drug-likeness (QED) is 0.383. The molecule has 0 saturated heterocycles. The van der Waals surface area contributed by atoms with Gasteiger partial charge in [-0.1, -0.05) is 59.1 Å². The fraction of sp³-hybridized carbons (Fsp3) is 0.0476. The van der Waals surface area contributed by atoms with Gasteiger partial charge in [0, 0.05) is 10.6 Å². The molecule has 3 aromatic rings. The molecule has 0 heterocycles. The number of hydrogen-bond donors (Lipinski definition) is 1. The summed E-state index contributed by atoms with van der Waals surface area (Å²) in [4.78, 5) is 12.1. The molecule has 0 aromatic heterocycles. The van der Waals surface area contributed by atoms with E-state index in [1.807, 2.05) is 48.5 Å². The third kappa shape index (κ3) is 5.73. The smallest absolute Gasteiger partial charge is 0.271 e. The topological polar surface area (TPSA) is 50.7 Å². The van der Waals surface area contributed by atoms with Crippen molar-refractivity contribution < 1.29 is 9.53 Å². The fourth-order valence-electron chi connectivity index (χ4n) is 2.30. The number of carbonyl (C=O) groups is 1. The number of nitrogens with one attached hydrogen (secondary N) is 1. The highest BCUT2D eigenvalue weighted by atomic mass is 35.5. The standard InChI is InChI=1S/C21H15Cl3N2O2/c22-17-7-4-14(5-8-17)13-28-18-3-1-2-15(10-18)12-25-26-21(27)16-6-9-19(23)20(24)11-16/h1-12H,13H2,(H,26,27)/b25-12+. The zero-order valence-corrected chi connectivity index (χ0v) is 16.8. The van der Waals surface area contributed by atoms with Crippen molar-refractivity contribution in [2.75, 3.05) is 0 Å². The normalized spacial score (nSPS) is 10.8. The summed E-state index contributed by atoms with van der Waals surface area (Å²) >= 11 is 17.6. The van der Waals surface area contributed by atoms with Crippen molar-refractivity contribution in [1.29, 1.82) is 0 Å². The summed E-state index contributed by atoms with van der Waals surface area (Å²) in [7, 11) is 0. The predicted molar refractivity (Wildman–Crippen MR) is 114 cm³/mol. The van der Waals surface area contributed by atoms with Gasteiger partial charge in [-0.25, -0.2) is 5.43 Å². The number of hydrogen-bond acceptors (Lipinski definition) is 3. The van der Waals surface area contributed by atoms with E-state index in [1.165, 1.54) is 12.3 Å². The predicted octanol–water partition coefficient (Wildman–Crippen LogP) is 5.99. The molecule has 142 valence electrons. The summed E-state index contributed by atoms with van der Waals surface area (Å²) in [6.45, 7) is 0.422. The third-order valence-corrected chi connectivity index (χ3v) is 4.73. The SMILES string of the molecule is O=C(N/N=C/c1cccc(OCc2ccc(Cl)cc2)c1)c1ccc(Cl)c(Cl)c1. The zero-order chi connectivity index (χ0) is 19.9. The number of hydrazone groups is 1. The van der Waals surface area contributed by atoms with Crippen LogP contribution in [0.15, 0.2) is 71.8 Å². The second kappa shape index (κ2) is 9.60. The molecule has 0 spiro atoms. The maximum Gasteiger partial charge on any atom is 0.271 e. The van der Waals surface area contributed by atoms with E-state index in [1.54, 1.807) is 12.1 Å². The second-order valence-corrected chi connectivity index (χ2v) is 7.07. The van der Waals surface area contributed by atoms with Crippen LogP contribution in [0.1, 0.15) is 21.5 Å². The highest BCUT2D eigenvalue weighted by Gasteiger charge is 2.07. The molecule has 7 heteroatoms. The van der Waals surface area contributed by atoms with E-state index in [9.17, 15) is 4.79 Å². The van der Waals surface area contributed by atoms with Crippen molar-refractivity contribution >= 4 is 46.9 Å². The van der Waals surface area contributed by atoms with Crippen molar-refractivity contribution in [1.82, 2.24) is 5.43 Å². The summed E-state index contributed by atoms with van der Waals surface area (Å²) in [5.41, 5.74) is 4.61. The molecule has 0 aliphatic carbocycles. The Morgan fingerprint density at radius 2 is 1.75 bits per heavy atom. The molecule has 0 radical (unpaired) electrons. The van der Waals surface area contributed by atoms with Crippen molar-refractivity contribution in [3.63, 3.8) is 0 Å². The van der Waals surface area contributed by atoms with E-state index < -0.39 is 0 Å². The van der Waals surface area contributed by atoms with Gasteiger partial charge in [0.25, 0.3) is 5.91 Å². The second-order valence-electron chi connectivity index (χ2n) is 5.82. The largest absolute Gasteiger partial charge is 0.489 e. The Labute approximate surface area is 177 Å². The van der Waals surface area contributed by atoms with Crippen LogP contribution in [0.2, 0.25) is 15.1 Å². The molecule has 0 fully saturated rings. The maximum atomic E-state index is 12.1. The fourth-order valence-corrected chi connectivity index (χ4v) is 2.72. The van der Waals surface area contributed by atoms with Crippen molar-refractivity contribution in [2.24, 2.45) is 5.10 Å². The average molecular weight is 434 g/mol. The van der Waals surface area contributed by atoms with Gasteiger partial charge in [-0.2, -0.15) is 5.10 Å². The number of amides is 1. The first kappa shape index (κ1) is 20.2. The van der Waals surface area contributed by atoms with Gasteiger partial charge < -0.3 is 4.74 Å². The molecule has 3 aromatic carbocycles. The van der Waals surface area contributed by atoms with Crippen molar-refractivity contribution in [2.45, 2.75) is 6.61 Å². The zero-order valence-electron chi connectivity index (χ0n) is 14.5. The van der Waals surface area contributed by atoms with Crippen molar-refractivity contribution in [3.8, 4) is 5.75 Å². The Morgan fingerprint density at radius 1 is 0.964 bits per heavy atom. The minimum absolute atomic E-state index is 0.309. The first-order valence-electron chi connectivity index (χ1n) is 8.27. The summed E-state index contributed by atoms with van der Waals surface area (Å²) < 4.78 is 5.77. The summed E-state index contributed by atoms with van der Waals surface area (Å²) in [6, 6.07) is 19.4. The molecule has 0 unspecified atom stereocenters. The Hall–Kier alpha value is -2.53. The Morgan fingerprint density at radius 3 is 2.50 bits per heavy atom. The van der Waals surface area contributed by atoms with Crippen LogP contribution in [0.4, 0.5) is 0 Å². The van der Waals surface area contributed by atoms with Crippen molar-refractivity contribution in [3.05, 3.63) is 98.5 Å². The molecule has 28 heavy (non-hydrogen) atoms. The first-order valence-corrected chi connectivity index (χ1v) is 9.40. The molecule has 1 amide bonds. The minimum atomic E-state index is -0.384. The molecular formula is C21H15Cl3N2O2. The summed E-state index contributed by atoms with van der Waals surface area (Å²) in [6.07, 6.45) is 1.53. The van der Waals surface area contributed by atoms with Gasteiger partial charge in [0.2, 0.25) is 0 Å². The number of halogens is 3. The molecule has 3 rings (SSSR count). The van der Waals surface area contributed by atoms with Gasteiger partial charge in [-0.05, 0) is 53.6 Å². The van der Waals surface area contributed by atoms with E-state index in [0.29, 0.717) is 33.0 Å². The van der Waals surface area contributed by atoms with Crippen LogP contribution >= 0.6 is 34.8 Å². The van der Waals surface area contributed by atoms with Crippen LogP contribution < -0.4 is 10.2 Å². The number of nitrogens with zero attached hydrogens (tertiary/aromatic N) is 1. The molecule has 4 nitrogen and oxygen atoms in total.